The number of amides is 3. The number of hydrogen-bond donors (Lipinski definition) is 1. The summed E-state index contributed by atoms with van der Waals surface area (Å²) in [5.41, 5.74) is 3.43. The average Bonchev–Trinajstić information content (AvgIpc) is 3.74. The molecule has 0 radical (unpaired) electrons. The molecule has 42 heavy (non-hydrogen) atoms. The molecule has 1 N–H and O–H groups in total. The van der Waals surface area contributed by atoms with Crippen molar-refractivity contribution in [2.75, 3.05) is 56.3 Å². The van der Waals surface area contributed by atoms with Crippen molar-refractivity contribution >= 4 is 29.1 Å². The van der Waals surface area contributed by atoms with Crippen molar-refractivity contribution in [2.45, 2.75) is 32.1 Å². The number of hydrogen-bond acceptors (Lipinski definition) is 6. The van der Waals surface area contributed by atoms with E-state index in [0.717, 1.165) is 43.6 Å². The molecule has 3 heterocycles. The van der Waals surface area contributed by atoms with Gasteiger partial charge in [-0.15, -0.1) is 0 Å². The highest BCUT2D eigenvalue weighted by molar-refractivity contribution is 6.06. The number of anilines is 2. The third kappa shape index (κ3) is 5.64. The van der Waals surface area contributed by atoms with Crippen molar-refractivity contribution in [1.82, 2.24) is 9.80 Å². The van der Waals surface area contributed by atoms with Crippen LogP contribution in [0.25, 0.3) is 0 Å². The number of piperazine rings is 1. The zero-order valence-corrected chi connectivity index (χ0v) is 23.9. The molecule has 6 rings (SSSR count). The Morgan fingerprint density at radius 3 is 2.29 bits per heavy atom. The van der Waals surface area contributed by atoms with Gasteiger partial charge in [-0.25, -0.2) is 0 Å². The van der Waals surface area contributed by atoms with Crippen molar-refractivity contribution in [3.63, 3.8) is 0 Å². The van der Waals surface area contributed by atoms with Crippen molar-refractivity contribution in [1.29, 1.82) is 0 Å². The van der Waals surface area contributed by atoms with Crippen LogP contribution in [0, 0.1) is 0 Å². The molecule has 3 aromatic carbocycles. The van der Waals surface area contributed by atoms with E-state index in [-0.39, 0.29) is 30.4 Å². The Labute approximate surface area is 246 Å². The molecule has 1 atom stereocenters. The maximum atomic E-state index is 13.7. The molecule has 3 aromatic rings. The number of ether oxygens (including phenoxy) is 2. The van der Waals surface area contributed by atoms with Crippen LogP contribution in [0.2, 0.25) is 0 Å². The monoisotopic (exact) mass is 568 g/mol. The van der Waals surface area contributed by atoms with E-state index in [0.29, 0.717) is 54.5 Å². The Morgan fingerprint density at radius 1 is 0.810 bits per heavy atom. The zero-order valence-electron chi connectivity index (χ0n) is 23.9. The summed E-state index contributed by atoms with van der Waals surface area (Å²) in [6.07, 6.45) is 2.72. The van der Waals surface area contributed by atoms with E-state index < -0.39 is 0 Å². The lowest BCUT2D eigenvalue weighted by Crippen LogP contribution is -2.50. The van der Waals surface area contributed by atoms with Gasteiger partial charge in [0.2, 0.25) is 12.7 Å². The number of nitrogens with one attached hydrogen (secondary N) is 1. The predicted molar refractivity (Wildman–Crippen MR) is 160 cm³/mol. The number of benzene rings is 3. The van der Waals surface area contributed by atoms with E-state index in [4.69, 9.17) is 9.47 Å². The van der Waals surface area contributed by atoms with Gasteiger partial charge in [0.05, 0.1) is 11.5 Å². The fourth-order valence-electron chi connectivity index (χ4n) is 6.02. The third-order valence-electron chi connectivity index (χ3n) is 8.35. The highest BCUT2D eigenvalue weighted by Gasteiger charge is 2.30. The molecule has 3 amide bonds. The second-order valence-corrected chi connectivity index (χ2v) is 10.9. The van der Waals surface area contributed by atoms with Crippen LogP contribution in [0.3, 0.4) is 0 Å². The van der Waals surface area contributed by atoms with Crippen LogP contribution in [-0.4, -0.2) is 73.6 Å². The van der Waals surface area contributed by atoms with Crippen LogP contribution in [0.5, 0.6) is 11.5 Å². The highest BCUT2D eigenvalue weighted by atomic mass is 16.7. The van der Waals surface area contributed by atoms with E-state index in [1.165, 1.54) is 0 Å². The molecule has 0 spiro atoms. The van der Waals surface area contributed by atoms with Crippen LogP contribution < -0.4 is 19.7 Å². The molecule has 218 valence electrons. The summed E-state index contributed by atoms with van der Waals surface area (Å²) < 4.78 is 10.8. The molecule has 0 bridgehead atoms. The molecule has 2 fully saturated rings. The van der Waals surface area contributed by atoms with Gasteiger partial charge in [0.1, 0.15) is 0 Å². The molecule has 9 nitrogen and oxygen atoms in total. The van der Waals surface area contributed by atoms with Crippen molar-refractivity contribution < 1.29 is 23.9 Å². The largest absolute Gasteiger partial charge is 0.454 e. The van der Waals surface area contributed by atoms with Crippen LogP contribution in [-0.2, 0) is 4.79 Å². The van der Waals surface area contributed by atoms with Gasteiger partial charge >= 0.3 is 0 Å². The Bertz CT molecular complexity index is 1460. The number of carbonyl (C=O) groups excluding carboxylic acids is 3. The number of nitrogens with zero attached hydrogens (tertiary/aromatic N) is 3. The SMILES string of the molecule is CC[C@@H](C(=O)N1CCN(c2ccc(NC(=O)c3ccc4c(c3)OCO4)cc2C(=O)N2CCCC2)CC1)c1ccccc1. The van der Waals surface area contributed by atoms with Crippen molar-refractivity contribution in [2.24, 2.45) is 0 Å². The Morgan fingerprint density at radius 2 is 1.55 bits per heavy atom. The molecule has 3 aliphatic heterocycles. The summed E-state index contributed by atoms with van der Waals surface area (Å²) in [6, 6.07) is 20.5. The number of likely N-dealkylation sites (tertiary alicyclic amines) is 1. The molecular formula is C33H36N4O5. The smallest absolute Gasteiger partial charge is 0.256 e. The third-order valence-corrected chi connectivity index (χ3v) is 8.35. The Kier molecular flexibility index (Phi) is 7.99. The number of fused-ring (bicyclic) bond motifs is 1. The van der Waals surface area contributed by atoms with Crippen molar-refractivity contribution in [3.8, 4) is 11.5 Å². The standard InChI is InChI=1S/C33H36N4O5/c1-2-26(23-8-4-3-5-9-23)32(39)37-18-16-35(17-19-37)28-12-11-25(21-27(28)33(40)36-14-6-7-15-36)34-31(38)24-10-13-29-30(20-24)42-22-41-29/h3-5,8-13,20-21,26H,2,6-7,14-19,22H2,1H3,(H,34,38)/t26-/m1/s1. The van der Waals surface area contributed by atoms with E-state index in [9.17, 15) is 14.4 Å². The minimum Gasteiger partial charge on any atom is -0.454 e. The van der Waals surface area contributed by atoms with Gasteiger partial charge in [0.25, 0.3) is 11.8 Å². The molecule has 0 saturated carbocycles. The minimum atomic E-state index is -0.295. The summed E-state index contributed by atoms with van der Waals surface area (Å²) >= 11 is 0. The van der Waals surface area contributed by atoms with E-state index in [2.05, 4.69) is 17.1 Å². The van der Waals surface area contributed by atoms with E-state index in [1.807, 2.05) is 52.3 Å². The average molecular weight is 569 g/mol. The first-order valence-corrected chi connectivity index (χ1v) is 14.7. The first-order chi connectivity index (χ1) is 20.5. The van der Waals surface area contributed by atoms with Crippen LogP contribution in [0.15, 0.2) is 66.7 Å². The second kappa shape index (κ2) is 12.1. The highest BCUT2D eigenvalue weighted by Crippen LogP contribution is 2.33. The van der Waals surface area contributed by atoms with Gasteiger partial charge in [-0.1, -0.05) is 37.3 Å². The first kappa shape index (κ1) is 27.6. The maximum absolute atomic E-state index is 13.7. The Balaban J connectivity index is 1.19. The lowest BCUT2D eigenvalue weighted by molar-refractivity contribution is -0.133. The fraction of sp³-hybridized carbons (Fsp3) is 0.364. The topological polar surface area (TPSA) is 91.4 Å². The number of rotatable bonds is 7. The molecular weight excluding hydrogens is 532 g/mol. The van der Waals surface area contributed by atoms with Gasteiger partial charge < -0.3 is 29.5 Å². The normalized spacial score (nSPS) is 16.8. The quantitative estimate of drug-likeness (QED) is 0.443. The molecule has 9 heteroatoms. The predicted octanol–water partition coefficient (Wildman–Crippen LogP) is 4.75. The van der Waals surface area contributed by atoms with E-state index >= 15 is 0 Å². The number of carbonyl (C=O) groups is 3. The van der Waals surface area contributed by atoms with Crippen LogP contribution in [0.4, 0.5) is 11.4 Å². The van der Waals surface area contributed by atoms with Gasteiger partial charge in [0, 0.05) is 56.2 Å². The molecule has 3 aliphatic rings. The lowest BCUT2D eigenvalue weighted by Gasteiger charge is -2.38. The summed E-state index contributed by atoms with van der Waals surface area (Å²) in [4.78, 5) is 46.2. The van der Waals surface area contributed by atoms with Gasteiger partial charge in [0.15, 0.2) is 11.5 Å². The second-order valence-electron chi connectivity index (χ2n) is 10.9. The summed E-state index contributed by atoms with van der Waals surface area (Å²) in [7, 11) is 0. The molecule has 0 aromatic heterocycles. The summed E-state index contributed by atoms with van der Waals surface area (Å²) in [5, 5.41) is 2.94. The van der Waals surface area contributed by atoms with Gasteiger partial charge in [-0.05, 0) is 61.2 Å². The van der Waals surface area contributed by atoms with Gasteiger partial charge in [-0.3, -0.25) is 14.4 Å². The first-order valence-electron chi connectivity index (χ1n) is 14.7. The molecule has 0 aliphatic carbocycles. The van der Waals surface area contributed by atoms with Crippen LogP contribution in [0.1, 0.15) is 58.4 Å². The summed E-state index contributed by atoms with van der Waals surface area (Å²) in [5.74, 6) is 0.819. The molecule has 2 saturated heterocycles. The van der Waals surface area contributed by atoms with Crippen molar-refractivity contribution in [3.05, 3.63) is 83.4 Å². The fourth-order valence-corrected chi connectivity index (χ4v) is 6.02. The lowest BCUT2D eigenvalue weighted by atomic mass is 9.94. The zero-order chi connectivity index (χ0) is 29.1. The maximum Gasteiger partial charge on any atom is 0.256 e. The van der Waals surface area contributed by atoms with Gasteiger partial charge in [-0.2, -0.15) is 0 Å². The molecule has 0 unspecified atom stereocenters. The van der Waals surface area contributed by atoms with E-state index in [1.54, 1.807) is 24.3 Å². The summed E-state index contributed by atoms with van der Waals surface area (Å²) in [6.45, 7) is 6.07. The minimum absolute atomic E-state index is 0.0321. The van der Waals surface area contributed by atoms with Crippen LogP contribution >= 0.6 is 0 Å². The Hall–Kier alpha value is -4.53.